The number of benzene rings is 4. The molecule has 0 heterocycles. The number of carbonyl (C=O) groups excluding carboxylic acids is 1. The lowest BCUT2D eigenvalue weighted by Gasteiger charge is -2.29. The number of methoxy groups -OCH3 is 1. The molecule has 1 atom stereocenters. The van der Waals surface area contributed by atoms with Gasteiger partial charge in [-0.05, 0) is 42.5 Å². The first-order valence-corrected chi connectivity index (χ1v) is 12.3. The molecule has 0 N–H and O–H groups in total. The molecule has 0 unspecified atom stereocenters. The van der Waals surface area contributed by atoms with Crippen molar-refractivity contribution in [2.24, 2.45) is 0 Å². The minimum Gasteiger partial charge on any atom is -1.00 e. The number of hydrogen-bond acceptors (Lipinski definition) is 3. The summed E-state index contributed by atoms with van der Waals surface area (Å²) in [6.45, 7) is 0. The molecule has 168 valence electrons. The van der Waals surface area contributed by atoms with Crippen LogP contribution in [0.4, 0.5) is 0 Å². The zero-order valence-electron chi connectivity index (χ0n) is 18.0. The highest BCUT2D eigenvalue weighted by molar-refractivity contribution is 7.91. The Kier molecular flexibility index (Phi) is 8.66. The fourth-order valence-electron chi connectivity index (χ4n) is 3.72. The van der Waals surface area contributed by atoms with Crippen molar-refractivity contribution in [1.82, 2.24) is 0 Å². The monoisotopic (exact) mass is 496 g/mol. The van der Waals surface area contributed by atoms with E-state index in [0.717, 1.165) is 15.9 Å². The van der Waals surface area contributed by atoms with Crippen molar-refractivity contribution in [2.75, 3.05) is 7.11 Å². The molecule has 4 aromatic carbocycles. The maximum Gasteiger partial charge on any atom is 0.344 e. The molecule has 0 aliphatic rings. The van der Waals surface area contributed by atoms with Crippen LogP contribution in [0.2, 0.25) is 5.02 Å². The second kappa shape index (κ2) is 11.4. The summed E-state index contributed by atoms with van der Waals surface area (Å²) in [5, 5.41) is 3.45. The van der Waals surface area contributed by atoms with Crippen molar-refractivity contribution in [2.45, 2.75) is 6.10 Å². The van der Waals surface area contributed by atoms with E-state index < -0.39 is 19.6 Å². The molecule has 0 aromatic heterocycles. The molecule has 3 nitrogen and oxygen atoms in total. The average Bonchev–Trinajstić information content (AvgIpc) is 2.87. The van der Waals surface area contributed by atoms with Gasteiger partial charge in [0.15, 0.2) is 0 Å². The van der Waals surface area contributed by atoms with Crippen molar-refractivity contribution in [3.63, 3.8) is 0 Å². The lowest BCUT2D eigenvalue weighted by atomic mass is 10.1. The second-order valence-electron chi connectivity index (χ2n) is 7.15. The number of hydrogen-bond donors (Lipinski definition) is 0. The van der Waals surface area contributed by atoms with Crippen LogP contribution in [0, 0.1) is 0 Å². The Balaban J connectivity index is 0.00000306. The van der Waals surface area contributed by atoms with Gasteiger partial charge in [0, 0.05) is 10.6 Å². The van der Waals surface area contributed by atoms with E-state index in [0.29, 0.717) is 10.6 Å². The Morgan fingerprint density at radius 1 is 0.697 bits per heavy atom. The average molecular weight is 497 g/mol. The van der Waals surface area contributed by atoms with Crippen molar-refractivity contribution < 1.29 is 26.5 Å². The van der Waals surface area contributed by atoms with Crippen LogP contribution >= 0.6 is 19.1 Å². The molecule has 0 bridgehead atoms. The van der Waals surface area contributed by atoms with E-state index in [1.54, 1.807) is 12.1 Å². The summed E-state index contributed by atoms with van der Waals surface area (Å²) in [6.07, 6.45) is -0.998. The Morgan fingerprint density at radius 3 is 1.48 bits per heavy atom. The summed E-state index contributed by atoms with van der Waals surface area (Å²) < 4.78 is 12.1. The summed E-state index contributed by atoms with van der Waals surface area (Å²) in [4.78, 5) is 13.0. The largest absolute Gasteiger partial charge is 1.00 e. The highest BCUT2D eigenvalue weighted by Gasteiger charge is 2.52. The first-order valence-electron chi connectivity index (χ1n) is 10.2. The number of rotatable bonds is 7. The van der Waals surface area contributed by atoms with Gasteiger partial charge in [-0.25, -0.2) is 9.32 Å². The van der Waals surface area contributed by atoms with Gasteiger partial charge < -0.3 is 17.1 Å². The van der Waals surface area contributed by atoms with Gasteiger partial charge in [-0.3, -0.25) is 0 Å². The van der Waals surface area contributed by atoms with Crippen LogP contribution in [0.3, 0.4) is 0 Å². The molecule has 0 saturated heterocycles. The van der Waals surface area contributed by atoms with Crippen molar-refractivity contribution >= 4 is 41.0 Å². The molecule has 0 aliphatic carbocycles. The lowest BCUT2D eigenvalue weighted by Crippen LogP contribution is -3.00. The molecule has 0 fully saturated rings. The molecule has 4 rings (SSSR count). The van der Waals surface area contributed by atoms with Crippen LogP contribution < -0.4 is 28.3 Å². The Hall–Kier alpha value is -2.68. The van der Waals surface area contributed by atoms with E-state index in [2.05, 4.69) is 36.4 Å². The third-order valence-corrected chi connectivity index (χ3v) is 9.17. The molecule has 6 heteroatoms. The molecule has 0 spiro atoms. The Morgan fingerprint density at radius 2 is 1.09 bits per heavy atom. The van der Waals surface area contributed by atoms with Gasteiger partial charge in [-0.1, -0.05) is 84.4 Å². The minimum absolute atomic E-state index is 0. The van der Waals surface area contributed by atoms with Crippen molar-refractivity contribution in [3.05, 3.63) is 126 Å². The van der Waals surface area contributed by atoms with Crippen molar-refractivity contribution in [3.8, 4) is 0 Å². The minimum atomic E-state index is -2.72. The Bertz CT molecular complexity index is 1070. The van der Waals surface area contributed by atoms with E-state index in [-0.39, 0.29) is 12.4 Å². The van der Waals surface area contributed by atoms with E-state index in [1.807, 2.05) is 66.7 Å². The van der Waals surface area contributed by atoms with Crippen LogP contribution in [0.5, 0.6) is 0 Å². The zero-order chi connectivity index (χ0) is 22.4. The predicted molar refractivity (Wildman–Crippen MR) is 132 cm³/mol. The van der Waals surface area contributed by atoms with Crippen LogP contribution in [0.1, 0.15) is 11.7 Å². The second-order valence-corrected chi connectivity index (χ2v) is 10.5. The highest BCUT2D eigenvalue weighted by atomic mass is 35.5. The third-order valence-electron chi connectivity index (χ3n) is 5.23. The smallest absolute Gasteiger partial charge is 0.344 e. The standard InChI is InChI=1S/C27H23ClO3P.ClH/c1-30-27(29)26(24-19-11-12-20-25(24)28)31-32(21-13-5-2-6-14-21,22-15-7-3-8-16-22)23-17-9-4-10-18-23;/h2-20,26H,1H3;1H/q+1;/p-1/t26-;/m1./s1. The molecule has 0 aliphatic heterocycles. The molecule has 0 radical (unpaired) electrons. The molecule has 0 saturated carbocycles. The molecule has 4 aromatic rings. The van der Waals surface area contributed by atoms with Gasteiger partial charge in [-0.2, -0.15) is 0 Å². The highest BCUT2D eigenvalue weighted by Crippen LogP contribution is 2.59. The summed E-state index contributed by atoms with van der Waals surface area (Å²) in [5.41, 5.74) is 0.577. The fourth-order valence-corrected chi connectivity index (χ4v) is 7.51. The topological polar surface area (TPSA) is 35.5 Å². The maximum absolute atomic E-state index is 13.0. The van der Waals surface area contributed by atoms with Crippen LogP contribution in [-0.4, -0.2) is 13.1 Å². The Labute approximate surface area is 206 Å². The molecule has 0 amide bonds. The first-order chi connectivity index (χ1) is 15.7. The van der Waals surface area contributed by atoms with Crippen LogP contribution in [0.15, 0.2) is 115 Å². The molecular formula is C27H23Cl2O3P. The number of halogens is 2. The molecular weight excluding hydrogens is 474 g/mol. The van der Waals surface area contributed by atoms with E-state index in [1.165, 1.54) is 7.11 Å². The first kappa shape index (κ1) is 25.0. The van der Waals surface area contributed by atoms with E-state index >= 15 is 0 Å². The van der Waals surface area contributed by atoms with Crippen LogP contribution in [0.25, 0.3) is 0 Å². The number of esters is 1. The fraction of sp³-hybridized carbons (Fsp3) is 0.0741. The lowest BCUT2D eigenvalue weighted by molar-refractivity contribution is -0.148. The van der Waals surface area contributed by atoms with Gasteiger partial charge in [0.2, 0.25) is 13.6 Å². The molecule has 33 heavy (non-hydrogen) atoms. The summed E-state index contributed by atoms with van der Waals surface area (Å²) in [7, 11) is -1.36. The summed E-state index contributed by atoms with van der Waals surface area (Å²) in [6, 6.07) is 37.4. The van der Waals surface area contributed by atoms with Crippen molar-refractivity contribution in [1.29, 1.82) is 0 Å². The SMILES string of the molecule is COC(=O)[C@H](O[P+](c1ccccc1)(c1ccccc1)c1ccccc1)c1ccccc1Cl.[Cl-]. The quantitative estimate of drug-likeness (QED) is 0.291. The summed E-state index contributed by atoms with van der Waals surface area (Å²) in [5.74, 6) is -0.495. The van der Waals surface area contributed by atoms with Gasteiger partial charge in [0.1, 0.15) is 15.9 Å². The van der Waals surface area contributed by atoms with Gasteiger partial charge >= 0.3 is 5.97 Å². The summed E-state index contributed by atoms with van der Waals surface area (Å²) >= 11 is 6.51. The number of ether oxygens (including phenoxy) is 1. The maximum atomic E-state index is 13.0. The van der Waals surface area contributed by atoms with Crippen LogP contribution in [-0.2, 0) is 14.1 Å². The van der Waals surface area contributed by atoms with Gasteiger partial charge in [0.25, 0.3) is 0 Å². The van der Waals surface area contributed by atoms with E-state index in [4.69, 9.17) is 20.9 Å². The number of carbonyl (C=O) groups is 1. The van der Waals surface area contributed by atoms with E-state index in [9.17, 15) is 4.79 Å². The van der Waals surface area contributed by atoms with Gasteiger partial charge in [-0.15, -0.1) is 0 Å². The van der Waals surface area contributed by atoms with Gasteiger partial charge in [0.05, 0.1) is 7.11 Å². The third kappa shape index (κ3) is 5.13. The predicted octanol–water partition coefficient (Wildman–Crippen LogP) is 2.48. The normalized spacial score (nSPS) is 11.8. The zero-order valence-corrected chi connectivity index (χ0v) is 20.4.